The van der Waals surface area contributed by atoms with Crippen LogP contribution >= 0.6 is 0 Å². The van der Waals surface area contributed by atoms with Crippen molar-refractivity contribution >= 4 is 16.8 Å². The van der Waals surface area contributed by atoms with Crippen molar-refractivity contribution in [1.29, 1.82) is 0 Å². The van der Waals surface area contributed by atoms with Crippen molar-refractivity contribution in [3.8, 4) is 0 Å². The summed E-state index contributed by atoms with van der Waals surface area (Å²) in [4.78, 5) is 17.5. The van der Waals surface area contributed by atoms with Gasteiger partial charge in [-0.2, -0.15) is 5.10 Å². The van der Waals surface area contributed by atoms with E-state index in [9.17, 15) is 9.18 Å². The van der Waals surface area contributed by atoms with Crippen LogP contribution < -0.4 is 0 Å². The van der Waals surface area contributed by atoms with Crippen LogP contribution in [0.4, 0.5) is 4.39 Å². The van der Waals surface area contributed by atoms with Gasteiger partial charge in [-0.15, -0.1) is 0 Å². The van der Waals surface area contributed by atoms with E-state index in [0.717, 1.165) is 61.9 Å². The van der Waals surface area contributed by atoms with E-state index in [2.05, 4.69) is 15.1 Å². The number of likely N-dealkylation sites (tertiary alicyclic amines) is 1. The molecule has 1 amide bonds. The van der Waals surface area contributed by atoms with Crippen molar-refractivity contribution in [3.63, 3.8) is 0 Å². The van der Waals surface area contributed by atoms with Crippen molar-refractivity contribution in [1.82, 2.24) is 20.0 Å². The number of carbonyl (C=O) groups excluding carboxylic acids is 1. The lowest BCUT2D eigenvalue weighted by atomic mass is 9.96. The normalized spacial score (nSPS) is 17.3. The zero-order valence-corrected chi connectivity index (χ0v) is 17.5. The number of nitrogens with one attached hydrogen (secondary N) is 1. The SMILES string of the molecule is CCN(C[C@H]1CCCN(CCc2cccc(F)c2)C1)C(=O)c1n[nH]c2ccccc12. The summed E-state index contributed by atoms with van der Waals surface area (Å²) in [5.74, 6) is 0.263. The van der Waals surface area contributed by atoms with Crippen molar-refractivity contribution in [2.45, 2.75) is 26.2 Å². The number of nitrogens with zero attached hydrogens (tertiary/aromatic N) is 3. The Labute approximate surface area is 176 Å². The molecule has 2 heterocycles. The quantitative estimate of drug-likeness (QED) is 0.640. The van der Waals surface area contributed by atoms with Crippen LogP contribution in [0.5, 0.6) is 0 Å². The minimum Gasteiger partial charge on any atom is -0.337 e. The fourth-order valence-corrected chi connectivity index (χ4v) is 4.43. The van der Waals surface area contributed by atoms with E-state index in [0.29, 0.717) is 18.2 Å². The number of aromatic nitrogens is 2. The topological polar surface area (TPSA) is 52.2 Å². The molecule has 1 aliphatic heterocycles. The van der Waals surface area contributed by atoms with Gasteiger partial charge in [-0.25, -0.2) is 4.39 Å². The third-order valence-corrected chi connectivity index (χ3v) is 6.03. The maximum atomic E-state index is 13.4. The van der Waals surface area contributed by atoms with E-state index in [-0.39, 0.29) is 11.7 Å². The van der Waals surface area contributed by atoms with E-state index >= 15 is 0 Å². The van der Waals surface area contributed by atoms with Gasteiger partial charge in [0.05, 0.1) is 5.52 Å². The van der Waals surface area contributed by atoms with Gasteiger partial charge in [-0.05, 0) is 62.4 Å². The molecule has 0 bridgehead atoms. The van der Waals surface area contributed by atoms with Crippen molar-refractivity contribution in [2.24, 2.45) is 5.92 Å². The molecule has 1 aliphatic rings. The largest absolute Gasteiger partial charge is 0.337 e. The fourth-order valence-electron chi connectivity index (χ4n) is 4.43. The first-order valence-corrected chi connectivity index (χ1v) is 10.8. The number of rotatable bonds is 7. The van der Waals surface area contributed by atoms with Gasteiger partial charge in [0, 0.05) is 31.6 Å². The second-order valence-electron chi connectivity index (χ2n) is 8.15. The summed E-state index contributed by atoms with van der Waals surface area (Å²) < 4.78 is 13.4. The molecular weight excluding hydrogens is 379 g/mol. The van der Waals surface area contributed by atoms with Crippen LogP contribution in [0.1, 0.15) is 35.8 Å². The molecule has 1 atom stereocenters. The first-order chi connectivity index (χ1) is 14.6. The molecule has 30 heavy (non-hydrogen) atoms. The molecule has 5 nitrogen and oxygen atoms in total. The second kappa shape index (κ2) is 9.39. The maximum absolute atomic E-state index is 13.4. The zero-order chi connectivity index (χ0) is 20.9. The van der Waals surface area contributed by atoms with E-state index in [1.165, 1.54) is 6.07 Å². The van der Waals surface area contributed by atoms with Crippen molar-refractivity contribution in [3.05, 3.63) is 65.6 Å². The predicted octanol–water partition coefficient (Wildman–Crippen LogP) is 4.12. The Morgan fingerprint density at radius 3 is 2.97 bits per heavy atom. The first kappa shape index (κ1) is 20.5. The monoisotopic (exact) mass is 408 g/mol. The number of para-hydroxylation sites is 1. The maximum Gasteiger partial charge on any atom is 0.274 e. The summed E-state index contributed by atoms with van der Waals surface area (Å²) in [5, 5.41) is 8.12. The molecule has 1 fully saturated rings. The van der Waals surface area contributed by atoms with Gasteiger partial charge < -0.3 is 9.80 Å². The van der Waals surface area contributed by atoms with E-state index < -0.39 is 0 Å². The highest BCUT2D eigenvalue weighted by molar-refractivity contribution is 6.04. The van der Waals surface area contributed by atoms with Gasteiger partial charge >= 0.3 is 0 Å². The molecule has 0 unspecified atom stereocenters. The van der Waals surface area contributed by atoms with Gasteiger partial charge in [0.15, 0.2) is 5.69 Å². The third kappa shape index (κ3) is 4.70. The lowest BCUT2D eigenvalue weighted by Gasteiger charge is -2.35. The van der Waals surface area contributed by atoms with Gasteiger partial charge in [0.1, 0.15) is 5.82 Å². The van der Waals surface area contributed by atoms with Crippen molar-refractivity contribution in [2.75, 3.05) is 32.7 Å². The number of aromatic amines is 1. The number of amides is 1. The van der Waals surface area contributed by atoms with Crippen LogP contribution in [0, 0.1) is 11.7 Å². The van der Waals surface area contributed by atoms with Gasteiger partial charge in [-0.1, -0.05) is 30.3 Å². The third-order valence-electron chi connectivity index (χ3n) is 6.03. The summed E-state index contributed by atoms with van der Waals surface area (Å²) in [6.07, 6.45) is 3.10. The predicted molar refractivity (Wildman–Crippen MR) is 117 cm³/mol. The number of carbonyl (C=O) groups is 1. The number of benzene rings is 2. The van der Waals surface area contributed by atoms with Crippen LogP contribution in [-0.2, 0) is 6.42 Å². The summed E-state index contributed by atoms with van der Waals surface area (Å²) in [6, 6.07) is 14.6. The van der Waals surface area contributed by atoms with E-state index in [4.69, 9.17) is 0 Å². The van der Waals surface area contributed by atoms with Crippen LogP contribution in [0.3, 0.4) is 0 Å². The molecule has 3 aromatic rings. The highest BCUT2D eigenvalue weighted by Crippen LogP contribution is 2.21. The Morgan fingerprint density at radius 1 is 1.27 bits per heavy atom. The number of halogens is 1. The van der Waals surface area contributed by atoms with Crippen LogP contribution in [0.15, 0.2) is 48.5 Å². The van der Waals surface area contributed by atoms with Crippen LogP contribution in [0.2, 0.25) is 0 Å². The highest BCUT2D eigenvalue weighted by atomic mass is 19.1. The summed E-state index contributed by atoms with van der Waals surface area (Å²) in [6.45, 7) is 6.39. The Bertz CT molecular complexity index is 1000. The molecule has 1 N–H and O–H groups in total. The summed E-state index contributed by atoms with van der Waals surface area (Å²) in [5.41, 5.74) is 2.43. The molecule has 4 rings (SSSR count). The molecule has 1 saturated heterocycles. The number of piperidine rings is 1. The average molecular weight is 409 g/mol. The minimum atomic E-state index is -0.174. The molecule has 158 valence electrons. The average Bonchev–Trinajstić information content (AvgIpc) is 3.20. The number of hydrogen-bond acceptors (Lipinski definition) is 3. The van der Waals surface area contributed by atoms with Gasteiger partial charge in [0.2, 0.25) is 0 Å². The van der Waals surface area contributed by atoms with Gasteiger partial charge in [0.25, 0.3) is 5.91 Å². The van der Waals surface area contributed by atoms with Crippen LogP contribution in [-0.4, -0.2) is 58.6 Å². The van der Waals surface area contributed by atoms with E-state index in [1.807, 2.05) is 42.2 Å². The molecule has 0 spiro atoms. The zero-order valence-electron chi connectivity index (χ0n) is 17.5. The van der Waals surface area contributed by atoms with Gasteiger partial charge in [-0.3, -0.25) is 9.89 Å². The highest BCUT2D eigenvalue weighted by Gasteiger charge is 2.26. The standard InChI is InChI=1S/C24H29FN4O/c1-2-29(24(30)23-21-10-3-4-11-22(21)26-27-23)17-19-8-6-13-28(16-19)14-12-18-7-5-9-20(25)15-18/h3-5,7,9-11,15,19H,2,6,8,12-14,16-17H2,1H3,(H,26,27)/t19-/m0/s1. The number of fused-ring (bicyclic) bond motifs is 1. The van der Waals surface area contributed by atoms with Crippen molar-refractivity contribution < 1.29 is 9.18 Å². The minimum absolute atomic E-state index is 0.00756. The summed E-state index contributed by atoms with van der Waals surface area (Å²) >= 11 is 0. The molecule has 0 aliphatic carbocycles. The Kier molecular flexibility index (Phi) is 6.43. The lowest BCUT2D eigenvalue weighted by Crippen LogP contribution is -2.43. The lowest BCUT2D eigenvalue weighted by molar-refractivity contribution is 0.0687. The second-order valence-corrected chi connectivity index (χ2v) is 8.15. The fraction of sp³-hybridized carbons (Fsp3) is 0.417. The Balaban J connectivity index is 1.36. The van der Waals surface area contributed by atoms with E-state index in [1.54, 1.807) is 12.1 Å². The molecule has 1 aromatic heterocycles. The molecule has 6 heteroatoms. The number of hydrogen-bond donors (Lipinski definition) is 1. The molecule has 2 aromatic carbocycles. The first-order valence-electron chi connectivity index (χ1n) is 10.8. The summed E-state index contributed by atoms with van der Waals surface area (Å²) in [7, 11) is 0. The van der Waals surface area contributed by atoms with Crippen LogP contribution in [0.25, 0.3) is 10.9 Å². The molecule has 0 radical (unpaired) electrons. The molecular formula is C24H29FN4O. The Hall–Kier alpha value is -2.73. The number of H-pyrrole nitrogens is 1. The smallest absolute Gasteiger partial charge is 0.274 e. The molecule has 0 saturated carbocycles. The Morgan fingerprint density at radius 2 is 2.13 bits per heavy atom.